The third kappa shape index (κ3) is 4.28. The van der Waals surface area contributed by atoms with Gasteiger partial charge in [0.2, 0.25) is 0 Å². The van der Waals surface area contributed by atoms with Crippen molar-refractivity contribution in [1.82, 2.24) is 25.2 Å². The zero-order valence-electron chi connectivity index (χ0n) is 15.6. The van der Waals surface area contributed by atoms with Crippen LogP contribution in [0.5, 0.6) is 5.75 Å². The molecule has 0 saturated carbocycles. The Morgan fingerprint density at radius 1 is 1.10 bits per heavy atom. The molecule has 9 nitrogen and oxygen atoms in total. The first kappa shape index (κ1) is 18.8. The maximum Gasteiger partial charge on any atom is 0.255 e. The van der Waals surface area contributed by atoms with E-state index >= 15 is 0 Å². The summed E-state index contributed by atoms with van der Waals surface area (Å²) in [5.41, 5.74) is 3.12. The largest absolute Gasteiger partial charge is 0.487 e. The van der Waals surface area contributed by atoms with Gasteiger partial charge in [-0.25, -0.2) is 0 Å². The van der Waals surface area contributed by atoms with Gasteiger partial charge in [-0.15, -0.1) is 5.10 Å². The Bertz CT molecular complexity index is 1180. The first-order chi connectivity index (χ1) is 14.7. The molecule has 1 N–H and O–H groups in total. The van der Waals surface area contributed by atoms with Crippen LogP contribution < -0.4 is 10.1 Å². The van der Waals surface area contributed by atoms with Crippen molar-refractivity contribution >= 4 is 11.6 Å². The number of anilines is 1. The fourth-order valence-electron chi connectivity index (χ4n) is 2.71. The molecule has 2 heterocycles. The fraction of sp³-hybridized carbons (Fsp3) is 0.0476. The minimum atomic E-state index is -0.258. The van der Waals surface area contributed by atoms with Crippen LogP contribution in [0.15, 0.2) is 73.3 Å². The van der Waals surface area contributed by atoms with Gasteiger partial charge >= 0.3 is 0 Å². The summed E-state index contributed by atoms with van der Waals surface area (Å²) in [5, 5.41) is 23.0. The van der Waals surface area contributed by atoms with Crippen molar-refractivity contribution < 1.29 is 9.53 Å². The van der Waals surface area contributed by atoms with E-state index in [9.17, 15) is 4.79 Å². The molecule has 0 bridgehead atoms. The number of ether oxygens (including phenoxy) is 1. The SMILES string of the molecule is N#Cc1ccc(COc2ccc(NC(=O)c3ccncc3)cc2-n2cnnn2)cc1. The minimum Gasteiger partial charge on any atom is -0.487 e. The number of rotatable bonds is 6. The van der Waals surface area contributed by atoms with E-state index in [1.807, 2.05) is 12.1 Å². The summed E-state index contributed by atoms with van der Waals surface area (Å²) < 4.78 is 7.40. The first-order valence-corrected chi connectivity index (χ1v) is 8.93. The minimum absolute atomic E-state index is 0.258. The van der Waals surface area contributed by atoms with Crippen molar-refractivity contribution in [3.63, 3.8) is 0 Å². The maximum atomic E-state index is 12.4. The third-order valence-electron chi connectivity index (χ3n) is 4.23. The molecule has 0 aliphatic heterocycles. The summed E-state index contributed by atoms with van der Waals surface area (Å²) in [7, 11) is 0. The van der Waals surface area contributed by atoms with E-state index < -0.39 is 0 Å². The van der Waals surface area contributed by atoms with Gasteiger partial charge in [-0.2, -0.15) is 9.94 Å². The average molecular weight is 397 g/mol. The van der Waals surface area contributed by atoms with Crippen molar-refractivity contribution in [3.05, 3.63) is 90.0 Å². The zero-order chi connectivity index (χ0) is 20.8. The Morgan fingerprint density at radius 3 is 2.60 bits per heavy atom. The van der Waals surface area contributed by atoms with Gasteiger partial charge < -0.3 is 10.1 Å². The van der Waals surface area contributed by atoms with Crippen molar-refractivity contribution in [2.45, 2.75) is 6.61 Å². The zero-order valence-corrected chi connectivity index (χ0v) is 15.6. The first-order valence-electron chi connectivity index (χ1n) is 8.93. The van der Waals surface area contributed by atoms with E-state index in [2.05, 4.69) is 31.9 Å². The number of nitriles is 1. The number of aromatic nitrogens is 5. The van der Waals surface area contributed by atoms with E-state index in [0.29, 0.717) is 34.9 Å². The molecule has 0 saturated heterocycles. The molecule has 0 spiro atoms. The molecule has 2 aromatic heterocycles. The summed E-state index contributed by atoms with van der Waals surface area (Å²) in [6, 6.07) is 17.7. The highest BCUT2D eigenvalue weighted by Gasteiger charge is 2.12. The van der Waals surface area contributed by atoms with Crippen LogP contribution in [0.1, 0.15) is 21.5 Å². The van der Waals surface area contributed by atoms with Crippen LogP contribution in [-0.2, 0) is 6.61 Å². The highest BCUT2D eigenvalue weighted by Crippen LogP contribution is 2.27. The summed E-state index contributed by atoms with van der Waals surface area (Å²) in [4.78, 5) is 16.3. The molecule has 0 aliphatic carbocycles. The Labute approximate surface area is 171 Å². The predicted octanol–water partition coefficient (Wildman–Crippen LogP) is 2.76. The lowest BCUT2D eigenvalue weighted by molar-refractivity contribution is 0.102. The number of pyridine rings is 1. The molecule has 146 valence electrons. The standard InChI is InChI=1S/C21H15N7O2/c22-12-15-1-3-16(4-2-15)13-30-20-6-5-18(11-19(20)28-14-24-26-27-28)25-21(29)17-7-9-23-10-8-17/h1-11,14H,13H2,(H,25,29). The van der Waals surface area contributed by atoms with Gasteiger partial charge in [0.25, 0.3) is 5.91 Å². The Hall–Kier alpha value is -4.58. The molecule has 1 amide bonds. The smallest absolute Gasteiger partial charge is 0.255 e. The predicted molar refractivity (Wildman–Crippen MR) is 107 cm³/mol. The molecule has 0 aliphatic rings. The Balaban J connectivity index is 1.56. The van der Waals surface area contributed by atoms with E-state index in [-0.39, 0.29) is 5.91 Å². The molecule has 0 fully saturated rings. The molecular formula is C21H15N7O2. The average Bonchev–Trinajstić information content (AvgIpc) is 3.34. The summed E-state index contributed by atoms with van der Waals surface area (Å²) in [5.74, 6) is 0.278. The molecular weight excluding hydrogens is 382 g/mol. The van der Waals surface area contributed by atoms with Crippen LogP contribution in [0.2, 0.25) is 0 Å². The number of hydrogen-bond donors (Lipinski definition) is 1. The Kier molecular flexibility index (Phi) is 5.39. The molecule has 2 aromatic carbocycles. The molecule has 4 rings (SSSR count). The number of carbonyl (C=O) groups is 1. The van der Waals surface area contributed by atoms with Gasteiger partial charge in [0.1, 0.15) is 24.4 Å². The topological polar surface area (TPSA) is 119 Å². The highest BCUT2D eigenvalue weighted by atomic mass is 16.5. The second kappa shape index (κ2) is 8.62. The number of carbonyl (C=O) groups excluding carboxylic acids is 1. The lowest BCUT2D eigenvalue weighted by atomic mass is 10.1. The van der Waals surface area contributed by atoms with Crippen molar-refractivity contribution in [2.75, 3.05) is 5.32 Å². The number of tetrazole rings is 1. The van der Waals surface area contributed by atoms with Gasteiger partial charge in [-0.05, 0) is 58.5 Å². The van der Waals surface area contributed by atoms with Crippen LogP contribution in [0.3, 0.4) is 0 Å². The van der Waals surface area contributed by atoms with Crippen molar-refractivity contribution in [1.29, 1.82) is 5.26 Å². The lowest BCUT2D eigenvalue weighted by Crippen LogP contribution is -2.12. The number of nitrogens with one attached hydrogen (secondary N) is 1. The molecule has 9 heteroatoms. The van der Waals surface area contributed by atoms with E-state index in [1.54, 1.807) is 54.9 Å². The van der Waals surface area contributed by atoms with Gasteiger partial charge in [0, 0.05) is 23.6 Å². The molecule has 30 heavy (non-hydrogen) atoms. The summed E-state index contributed by atoms with van der Waals surface area (Å²) >= 11 is 0. The maximum absolute atomic E-state index is 12.4. The third-order valence-corrected chi connectivity index (χ3v) is 4.23. The molecule has 0 unspecified atom stereocenters. The Morgan fingerprint density at radius 2 is 1.90 bits per heavy atom. The van der Waals surface area contributed by atoms with E-state index in [1.165, 1.54) is 11.0 Å². The highest BCUT2D eigenvalue weighted by molar-refractivity contribution is 6.04. The van der Waals surface area contributed by atoms with Gasteiger partial charge in [0.05, 0.1) is 11.6 Å². The molecule has 0 radical (unpaired) electrons. The van der Waals surface area contributed by atoms with Crippen LogP contribution >= 0.6 is 0 Å². The van der Waals surface area contributed by atoms with Crippen LogP contribution in [-0.4, -0.2) is 31.1 Å². The van der Waals surface area contributed by atoms with E-state index in [4.69, 9.17) is 10.00 Å². The van der Waals surface area contributed by atoms with Gasteiger partial charge in [0.15, 0.2) is 0 Å². The second-order valence-corrected chi connectivity index (χ2v) is 6.22. The quantitative estimate of drug-likeness (QED) is 0.531. The second-order valence-electron chi connectivity index (χ2n) is 6.22. The van der Waals surface area contributed by atoms with Crippen molar-refractivity contribution in [2.24, 2.45) is 0 Å². The molecule has 0 atom stereocenters. The monoisotopic (exact) mass is 397 g/mol. The van der Waals surface area contributed by atoms with Gasteiger partial charge in [-0.3, -0.25) is 9.78 Å². The van der Waals surface area contributed by atoms with Gasteiger partial charge in [-0.1, -0.05) is 12.1 Å². The number of amides is 1. The normalized spacial score (nSPS) is 10.2. The van der Waals surface area contributed by atoms with Crippen LogP contribution in [0.25, 0.3) is 5.69 Å². The summed E-state index contributed by atoms with van der Waals surface area (Å²) in [6.45, 7) is 0.295. The van der Waals surface area contributed by atoms with E-state index in [0.717, 1.165) is 5.56 Å². The lowest BCUT2D eigenvalue weighted by Gasteiger charge is -2.13. The fourth-order valence-corrected chi connectivity index (χ4v) is 2.71. The number of nitrogens with zero attached hydrogens (tertiary/aromatic N) is 6. The number of hydrogen-bond acceptors (Lipinski definition) is 7. The summed E-state index contributed by atoms with van der Waals surface area (Å²) in [6.07, 6.45) is 4.56. The number of benzene rings is 2. The molecule has 4 aromatic rings. The van der Waals surface area contributed by atoms with Crippen LogP contribution in [0.4, 0.5) is 5.69 Å². The van der Waals surface area contributed by atoms with Crippen LogP contribution in [0, 0.1) is 11.3 Å². The van der Waals surface area contributed by atoms with Crippen molar-refractivity contribution in [3.8, 4) is 17.5 Å².